The molecule has 2 heterocycles. The van der Waals surface area contributed by atoms with Crippen LogP contribution in [0.4, 0.5) is 4.39 Å². The Labute approximate surface area is 219 Å². The monoisotopic (exact) mass is 513 g/mol. The third-order valence-electron chi connectivity index (χ3n) is 8.34. The summed E-state index contributed by atoms with van der Waals surface area (Å²) in [6, 6.07) is 16.9. The fourth-order valence-corrected chi connectivity index (χ4v) is 5.62. The fourth-order valence-electron chi connectivity index (χ4n) is 5.62. The van der Waals surface area contributed by atoms with Crippen molar-refractivity contribution in [1.82, 2.24) is 9.80 Å². The van der Waals surface area contributed by atoms with Crippen LogP contribution in [0.3, 0.4) is 0 Å². The molecule has 8 heteroatoms. The minimum absolute atomic E-state index is 0.0721. The van der Waals surface area contributed by atoms with E-state index in [-0.39, 0.29) is 17.7 Å². The molecule has 0 aromatic heterocycles. The van der Waals surface area contributed by atoms with Crippen LogP contribution in [-0.2, 0) is 9.59 Å². The van der Waals surface area contributed by atoms with Gasteiger partial charge in [0, 0.05) is 25.6 Å². The van der Waals surface area contributed by atoms with Crippen molar-refractivity contribution in [2.45, 2.75) is 36.8 Å². The number of hydrogen-bond donors (Lipinski definition) is 1. The number of amides is 2. The molecule has 2 amide bonds. The number of aliphatic hydroxyl groups is 1. The molecule has 7 nitrogen and oxygen atoms in total. The first-order chi connectivity index (χ1) is 18.3. The Bertz CT molecular complexity index is 1540. The maximum Gasteiger partial charge on any atom is 0.256 e. The summed E-state index contributed by atoms with van der Waals surface area (Å²) in [4.78, 5) is 33.6. The predicted molar refractivity (Wildman–Crippen MR) is 140 cm³/mol. The van der Waals surface area contributed by atoms with Gasteiger partial charge in [0.1, 0.15) is 28.5 Å². The summed E-state index contributed by atoms with van der Waals surface area (Å²) in [6.07, 6.45) is 2.38. The molecule has 3 fully saturated rings. The molecule has 3 aromatic carbocycles. The van der Waals surface area contributed by atoms with Gasteiger partial charge in [-0.2, -0.15) is 0 Å². The lowest BCUT2D eigenvalue weighted by Gasteiger charge is -2.42. The zero-order chi connectivity index (χ0) is 26.2. The number of likely N-dealkylation sites (tertiary alicyclic amines) is 1. The van der Waals surface area contributed by atoms with Crippen LogP contribution in [0.25, 0.3) is 21.9 Å². The van der Waals surface area contributed by atoms with Crippen LogP contribution in [0.2, 0.25) is 0 Å². The first-order valence-electron chi connectivity index (χ1n) is 13.1. The van der Waals surface area contributed by atoms with E-state index in [1.807, 2.05) is 42.5 Å². The number of fused-ring (bicyclic) bond motifs is 1. The Balaban J connectivity index is 1.13. The van der Waals surface area contributed by atoms with Crippen molar-refractivity contribution in [2.24, 2.45) is 10.9 Å². The lowest BCUT2D eigenvalue weighted by Crippen LogP contribution is -2.57. The van der Waals surface area contributed by atoms with Gasteiger partial charge in [-0.05, 0) is 77.9 Å². The minimum Gasteiger partial charge on any atom is -0.497 e. The van der Waals surface area contributed by atoms with E-state index in [2.05, 4.69) is 0 Å². The molecule has 2 aliphatic carbocycles. The number of carbonyl (C=O) groups excluding carboxylic acids is 2. The third kappa shape index (κ3) is 3.69. The average molecular weight is 514 g/mol. The predicted octanol–water partition coefficient (Wildman–Crippen LogP) is 3.76. The van der Waals surface area contributed by atoms with E-state index in [1.165, 1.54) is 6.07 Å². The Morgan fingerprint density at radius 1 is 1.03 bits per heavy atom. The molecule has 2 saturated carbocycles. The normalized spacial score (nSPS) is 21.0. The number of nitrogens with zero attached hydrogens (tertiary/aromatic N) is 3. The number of methoxy groups -OCH3 is 1. The Hall–Kier alpha value is -3.78. The molecule has 0 atom stereocenters. The van der Waals surface area contributed by atoms with Gasteiger partial charge in [-0.3, -0.25) is 19.5 Å². The van der Waals surface area contributed by atoms with Gasteiger partial charge in [-0.1, -0.05) is 24.3 Å². The SMILES string of the molecule is COc1ccc2cc(-c3ccc(C4=NC5(CC5)C(=O)N4CC4CN(C(=O)C5(O)CC5)C4)c(F)c3)ccc2c1. The number of amidine groups is 1. The maximum atomic E-state index is 15.6. The summed E-state index contributed by atoms with van der Waals surface area (Å²) in [6.45, 7) is 1.36. The van der Waals surface area contributed by atoms with Crippen LogP contribution in [0.15, 0.2) is 59.6 Å². The van der Waals surface area contributed by atoms with Gasteiger partial charge in [0.25, 0.3) is 11.8 Å². The molecule has 0 unspecified atom stereocenters. The van der Waals surface area contributed by atoms with Gasteiger partial charge in [0.05, 0.1) is 12.7 Å². The van der Waals surface area contributed by atoms with E-state index in [9.17, 15) is 14.7 Å². The van der Waals surface area contributed by atoms with E-state index < -0.39 is 17.0 Å². The second kappa shape index (κ2) is 8.11. The van der Waals surface area contributed by atoms with Crippen LogP contribution in [0.1, 0.15) is 31.2 Å². The standard InChI is InChI=1S/C30H28FN3O4/c1-38-23-6-4-20-12-19(2-3-21(20)13-23)22-5-7-24(25(31)14-22)26-32-29(8-9-29)27(35)34(26)17-18-15-33(16-18)28(36)30(37)10-11-30/h2-7,12-14,18,37H,8-11,15-17H2,1H3. The zero-order valence-corrected chi connectivity index (χ0v) is 21.1. The Morgan fingerprint density at radius 2 is 1.71 bits per heavy atom. The molecule has 1 saturated heterocycles. The van der Waals surface area contributed by atoms with Crippen molar-refractivity contribution < 1.29 is 23.8 Å². The molecule has 3 aromatic rings. The molecule has 0 bridgehead atoms. The van der Waals surface area contributed by atoms with Crippen LogP contribution in [0, 0.1) is 11.7 Å². The molecule has 38 heavy (non-hydrogen) atoms. The highest BCUT2D eigenvalue weighted by molar-refractivity contribution is 6.16. The van der Waals surface area contributed by atoms with Gasteiger partial charge in [0.2, 0.25) is 0 Å². The molecule has 7 rings (SSSR count). The van der Waals surface area contributed by atoms with Gasteiger partial charge in [0.15, 0.2) is 0 Å². The zero-order valence-electron chi connectivity index (χ0n) is 21.1. The average Bonchev–Trinajstić information content (AvgIpc) is 3.82. The highest BCUT2D eigenvalue weighted by atomic mass is 19.1. The van der Waals surface area contributed by atoms with E-state index in [0.29, 0.717) is 56.7 Å². The number of rotatable bonds is 6. The first kappa shape index (κ1) is 23.3. The molecule has 194 valence electrons. The fraction of sp³-hybridized carbons (Fsp3) is 0.367. The summed E-state index contributed by atoms with van der Waals surface area (Å²) in [7, 11) is 1.64. The van der Waals surface area contributed by atoms with E-state index in [0.717, 1.165) is 27.6 Å². The molecule has 4 aliphatic rings. The summed E-state index contributed by atoms with van der Waals surface area (Å²) in [5, 5.41) is 12.2. The molecule has 2 aliphatic heterocycles. The van der Waals surface area contributed by atoms with E-state index in [1.54, 1.807) is 23.0 Å². The lowest BCUT2D eigenvalue weighted by molar-refractivity contribution is -0.149. The number of aliphatic imine (C=N–C) groups is 1. The second-order valence-corrected chi connectivity index (χ2v) is 11.1. The summed E-state index contributed by atoms with van der Waals surface area (Å²) >= 11 is 0. The van der Waals surface area contributed by atoms with Crippen molar-refractivity contribution >= 4 is 28.4 Å². The molecular formula is C30H28FN3O4. The molecule has 1 N–H and O–H groups in total. The van der Waals surface area contributed by atoms with Crippen molar-refractivity contribution in [2.75, 3.05) is 26.7 Å². The van der Waals surface area contributed by atoms with E-state index in [4.69, 9.17) is 9.73 Å². The van der Waals surface area contributed by atoms with Crippen molar-refractivity contribution in [3.63, 3.8) is 0 Å². The Morgan fingerprint density at radius 3 is 2.39 bits per heavy atom. The highest BCUT2D eigenvalue weighted by Crippen LogP contribution is 2.47. The van der Waals surface area contributed by atoms with Crippen molar-refractivity contribution in [3.05, 3.63) is 66.0 Å². The van der Waals surface area contributed by atoms with Crippen LogP contribution < -0.4 is 4.74 Å². The smallest absolute Gasteiger partial charge is 0.256 e. The molecule has 1 spiro atoms. The largest absolute Gasteiger partial charge is 0.497 e. The summed E-state index contributed by atoms with van der Waals surface area (Å²) in [5.41, 5.74) is 0.0257. The number of benzene rings is 3. The highest BCUT2D eigenvalue weighted by Gasteiger charge is 2.58. The van der Waals surface area contributed by atoms with Crippen molar-refractivity contribution in [1.29, 1.82) is 0 Å². The van der Waals surface area contributed by atoms with Crippen LogP contribution >= 0.6 is 0 Å². The van der Waals surface area contributed by atoms with Gasteiger partial charge in [-0.25, -0.2) is 4.39 Å². The Kier molecular flexibility index (Phi) is 4.98. The van der Waals surface area contributed by atoms with Crippen LogP contribution in [0.5, 0.6) is 5.75 Å². The number of carbonyl (C=O) groups is 2. The molecule has 0 radical (unpaired) electrons. The topological polar surface area (TPSA) is 82.4 Å². The quantitative estimate of drug-likeness (QED) is 0.544. The first-order valence-corrected chi connectivity index (χ1v) is 13.1. The number of ether oxygens (including phenoxy) is 1. The second-order valence-electron chi connectivity index (χ2n) is 11.1. The van der Waals surface area contributed by atoms with Crippen LogP contribution in [-0.4, -0.2) is 70.4 Å². The number of hydrogen-bond acceptors (Lipinski definition) is 5. The van der Waals surface area contributed by atoms with Gasteiger partial charge in [-0.15, -0.1) is 0 Å². The third-order valence-corrected chi connectivity index (χ3v) is 8.34. The minimum atomic E-state index is -1.18. The molecular weight excluding hydrogens is 485 g/mol. The van der Waals surface area contributed by atoms with Crippen molar-refractivity contribution in [3.8, 4) is 16.9 Å². The summed E-state index contributed by atoms with van der Waals surface area (Å²) < 4.78 is 20.9. The van der Waals surface area contributed by atoms with Gasteiger partial charge < -0.3 is 14.7 Å². The lowest BCUT2D eigenvalue weighted by atomic mass is 9.97. The summed E-state index contributed by atoms with van der Waals surface area (Å²) in [5.74, 6) is 0.519. The van der Waals surface area contributed by atoms with Gasteiger partial charge >= 0.3 is 0 Å². The van der Waals surface area contributed by atoms with E-state index >= 15 is 4.39 Å². The number of halogens is 1. The maximum absolute atomic E-state index is 15.6.